The lowest BCUT2D eigenvalue weighted by molar-refractivity contribution is -0.00581. The maximum absolute atomic E-state index is 11.7. The number of carbonyl (C=O) groups is 1. The summed E-state index contributed by atoms with van der Waals surface area (Å²) < 4.78 is 5.98. The summed E-state index contributed by atoms with van der Waals surface area (Å²) >= 11 is 0. The van der Waals surface area contributed by atoms with Gasteiger partial charge >= 0.3 is 0 Å². The molecule has 1 saturated carbocycles. The Morgan fingerprint density at radius 3 is 2.65 bits per heavy atom. The van der Waals surface area contributed by atoms with Gasteiger partial charge < -0.3 is 4.74 Å². The molecule has 0 saturated heterocycles. The van der Waals surface area contributed by atoms with Crippen molar-refractivity contribution in [3.63, 3.8) is 0 Å². The van der Waals surface area contributed by atoms with Gasteiger partial charge in [-0.2, -0.15) is 0 Å². The summed E-state index contributed by atoms with van der Waals surface area (Å²) in [6.07, 6.45) is 4.89. The van der Waals surface area contributed by atoms with Crippen LogP contribution in [0.3, 0.4) is 0 Å². The third kappa shape index (κ3) is 3.81. The maximum atomic E-state index is 11.7. The van der Waals surface area contributed by atoms with Crippen molar-refractivity contribution in [2.75, 3.05) is 0 Å². The van der Waals surface area contributed by atoms with Gasteiger partial charge in [-0.05, 0) is 42.7 Å². The maximum Gasteiger partial charge on any atom is 0.265 e. The van der Waals surface area contributed by atoms with Gasteiger partial charge in [-0.15, -0.1) is 0 Å². The van der Waals surface area contributed by atoms with Crippen LogP contribution in [0.1, 0.15) is 55.5 Å². The van der Waals surface area contributed by atoms with Gasteiger partial charge in [0.2, 0.25) is 0 Å². The SMILES string of the molecule is CC1(C)CCC(OCc2ccccc2C(=O)NN)CC1. The molecule has 110 valence electrons. The van der Waals surface area contributed by atoms with Gasteiger partial charge in [0.15, 0.2) is 0 Å². The van der Waals surface area contributed by atoms with Gasteiger partial charge in [-0.25, -0.2) is 5.84 Å². The lowest BCUT2D eigenvalue weighted by Gasteiger charge is -2.34. The standard InChI is InChI=1S/C16H24N2O2/c1-16(2)9-7-13(8-10-16)20-11-12-5-3-4-6-14(12)15(19)18-17/h3-6,13H,7-11,17H2,1-2H3,(H,18,19). The van der Waals surface area contributed by atoms with Crippen LogP contribution in [0.5, 0.6) is 0 Å². The van der Waals surface area contributed by atoms with Crippen LogP contribution in [0.15, 0.2) is 24.3 Å². The van der Waals surface area contributed by atoms with Gasteiger partial charge in [-0.3, -0.25) is 10.2 Å². The lowest BCUT2D eigenvalue weighted by atomic mass is 9.76. The summed E-state index contributed by atoms with van der Waals surface area (Å²) in [5.74, 6) is 4.93. The molecule has 1 aromatic carbocycles. The number of benzene rings is 1. The molecule has 20 heavy (non-hydrogen) atoms. The lowest BCUT2D eigenvalue weighted by Crippen LogP contribution is -2.31. The number of hydrogen-bond acceptors (Lipinski definition) is 3. The average molecular weight is 276 g/mol. The molecule has 2 rings (SSSR count). The van der Waals surface area contributed by atoms with Crippen molar-refractivity contribution in [3.8, 4) is 0 Å². The van der Waals surface area contributed by atoms with Crippen molar-refractivity contribution in [1.29, 1.82) is 0 Å². The number of hydrogen-bond donors (Lipinski definition) is 2. The van der Waals surface area contributed by atoms with Crippen LogP contribution >= 0.6 is 0 Å². The summed E-state index contributed by atoms with van der Waals surface area (Å²) in [6, 6.07) is 7.43. The quantitative estimate of drug-likeness (QED) is 0.505. The van der Waals surface area contributed by atoms with E-state index >= 15 is 0 Å². The third-order valence-corrected chi connectivity index (χ3v) is 4.15. The van der Waals surface area contributed by atoms with E-state index in [0.717, 1.165) is 18.4 Å². The summed E-state index contributed by atoms with van der Waals surface area (Å²) in [5.41, 5.74) is 4.10. The Labute approximate surface area is 120 Å². The predicted octanol–water partition coefficient (Wildman–Crippen LogP) is 2.78. The van der Waals surface area contributed by atoms with Gasteiger partial charge in [0, 0.05) is 5.56 Å². The summed E-state index contributed by atoms with van der Waals surface area (Å²) in [5, 5.41) is 0. The Bertz CT molecular complexity index is 461. The van der Waals surface area contributed by atoms with Crippen LogP contribution in [-0.2, 0) is 11.3 Å². The van der Waals surface area contributed by atoms with Crippen LogP contribution in [-0.4, -0.2) is 12.0 Å². The molecule has 1 fully saturated rings. The Morgan fingerprint density at radius 1 is 1.35 bits per heavy atom. The second-order valence-electron chi connectivity index (χ2n) is 6.31. The van der Waals surface area contributed by atoms with Crippen molar-refractivity contribution in [2.24, 2.45) is 11.3 Å². The Morgan fingerprint density at radius 2 is 2.00 bits per heavy atom. The largest absolute Gasteiger partial charge is 0.374 e. The fraction of sp³-hybridized carbons (Fsp3) is 0.562. The molecule has 1 aromatic rings. The van der Waals surface area contributed by atoms with E-state index in [0.29, 0.717) is 23.7 Å². The first-order valence-corrected chi connectivity index (χ1v) is 7.22. The number of nitrogen functional groups attached to an aromatic ring is 1. The number of amides is 1. The highest BCUT2D eigenvalue weighted by atomic mass is 16.5. The molecule has 0 radical (unpaired) electrons. The Balaban J connectivity index is 1.93. The zero-order valence-corrected chi connectivity index (χ0v) is 12.3. The molecule has 0 bridgehead atoms. The molecule has 1 aliphatic carbocycles. The molecule has 3 N–H and O–H groups in total. The summed E-state index contributed by atoms with van der Waals surface area (Å²) in [4.78, 5) is 11.7. The van der Waals surface area contributed by atoms with Crippen molar-refractivity contribution in [2.45, 2.75) is 52.2 Å². The first-order chi connectivity index (χ1) is 9.52. The third-order valence-electron chi connectivity index (χ3n) is 4.15. The Hall–Kier alpha value is -1.39. The smallest absolute Gasteiger partial charge is 0.265 e. The van der Waals surface area contributed by atoms with Crippen molar-refractivity contribution in [3.05, 3.63) is 35.4 Å². The molecule has 4 heteroatoms. The van der Waals surface area contributed by atoms with Crippen LogP contribution in [0.2, 0.25) is 0 Å². The van der Waals surface area contributed by atoms with Gasteiger partial charge in [0.25, 0.3) is 5.91 Å². The number of carbonyl (C=O) groups excluding carboxylic acids is 1. The molecule has 1 amide bonds. The zero-order valence-electron chi connectivity index (χ0n) is 12.3. The highest BCUT2D eigenvalue weighted by molar-refractivity contribution is 5.95. The number of nitrogens with two attached hydrogens (primary N) is 1. The van der Waals surface area contributed by atoms with Crippen molar-refractivity contribution in [1.82, 2.24) is 5.43 Å². The summed E-state index contributed by atoms with van der Waals surface area (Å²) in [6.45, 7) is 5.09. The van der Waals surface area contributed by atoms with Crippen LogP contribution in [0.4, 0.5) is 0 Å². The normalized spacial score (nSPS) is 18.8. The molecular weight excluding hydrogens is 252 g/mol. The number of ether oxygens (including phenoxy) is 1. The first kappa shape index (κ1) is 15.0. The first-order valence-electron chi connectivity index (χ1n) is 7.22. The second kappa shape index (κ2) is 6.37. The topological polar surface area (TPSA) is 64.3 Å². The van der Waals surface area contributed by atoms with E-state index in [2.05, 4.69) is 19.3 Å². The minimum Gasteiger partial charge on any atom is -0.374 e. The van der Waals surface area contributed by atoms with Crippen LogP contribution in [0, 0.1) is 5.41 Å². The van der Waals surface area contributed by atoms with Gasteiger partial charge in [0.1, 0.15) is 0 Å². The highest BCUT2D eigenvalue weighted by Gasteiger charge is 2.27. The molecule has 0 unspecified atom stereocenters. The number of rotatable bonds is 4. The molecule has 0 aromatic heterocycles. The minimum atomic E-state index is -0.269. The van der Waals surface area contributed by atoms with E-state index in [-0.39, 0.29) is 5.91 Å². The number of hydrazine groups is 1. The zero-order chi connectivity index (χ0) is 14.6. The van der Waals surface area contributed by atoms with Crippen LogP contribution < -0.4 is 11.3 Å². The predicted molar refractivity (Wildman–Crippen MR) is 78.9 cm³/mol. The second-order valence-corrected chi connectivity index (χ2v) is 6.31. The van der Waals surface area contributed by atoms with E-state index < -0.39 is 0 Å². The van der Waals surface area contributed by atoms with Gasteiger partial charge in [0.05, 0.1) is 12.7 Å². The summed E-state index contributed by atoms with van der Waals surface area (Å²) in [7, 11) is 0. The minimum absolute atomic E-state index is 0.269. The van der Waals surface area contributed by atoms with Crippen molar-refractivity contribution >= 4 is 5.91 Å². The van der Waals surface area contributed by atoms with E-state index in [1.165, 1.54) is 12.8 Å². The molecule has 0 heterocycles. The molecule has 1 aliphatic rings. The molecule has 0 spiro atoms. The highest BCUT2D eigenvalue weighted by Crippen LogP contribution is 2.36. The molecule has 4 nitrogen and oxygen atoms in total. The van der Waals surface area contributed by atoms with E-state index in [1.807, 2.05) is 18.2 Å². The van der Waals surface area contributed by atoms with Crippen molar-refractivity contribution < 1.29 is 9.53 Å². The van der Waals surface area contributed by atoms with E-state index in [1.54, 1.807) is 6.07 Å². The number of nitrogens with one attached hydrogen (secondary N) is 1. The van der Waals surface area contributed by atoms with Crippen LogP contribution in [0.25, 0.3) is 0 Å². The molecule has 0 atom stereocenters. The fourth-order valence-electron chi connectivity index (χ4n) is 2.69. The fourth-order valence-corrected chi connectivity index (χ4v) is 2.69. The Kier molecular flexibility index (Phi) is 4.78. The van der Waals surface area contributed by atoms with E-state index in [9.17, 15) is 4.79 Å². The molecular formula is C16H24N2O2. The molecule has 0 aliphatic heterocycles. The van der Waals surface area contributed by atoms with E-state index in [4.69, 9.17) is 10.6 Å². The van der Waals surface area contributed by atoms with Gasteiger partial charge in [-0.1, -0.05) is 32.0 Å². The monoisotopic (exact) mass is 276 g/mol. The average Bonchev–Trinajstić information content (AvgIpc) is 2.45.